The molecular formula is C15H21N3O4S2. The van der Waals surface area contributed by atoms with Crippen molar-refractivity contribution >= 4 is 19.9 Å². The maximum atomic E-state index is 12.3. The summed E-state index contributed by atoms with van der Waals surface area (Å²) in [4.78, 5) is 0.387. The van der Waals surface area contributed by atoms with Gasteiger partial charge >= 0.3 is 0 Å². The minimum absolute atomic E-state index is 0.0221. The molecule has 0 aliphatic rings. The average Bonchev–Trinajstić information content (AvgIpc) is 2.97. The number of aryl methyl sites for hydroxylation is 2. The van der Waals surface area contributed by atoms with Crippen LogP contribution in [0.25, 0.3) is 0 Å². The fourth-order valence-electron chi connectivity index (χ4n) is 2.09. The first-order chi connectivity index (χ1) is 11.1. The summed E-state index contributed by atoms with van der Waals surface area (Å²) in [6, 6.07) is 6.72. The molecule has 2 rings (SSSR count). The van der Waals surface area contributed by atoms with Gasteiger partial charge in [-0.2, -0.15) is 5.10 Å². The molecule has 0 bridgehead atoms. The van der Waals surface area contributed by atoms with E-state index >= 15 is 0 Å². The second-order valence-corrected chi connectivity index (χ2v) is 9.97. The molecule has 132 valence electrons. The van der Waals surface area contributed by atoms with E-state index in [4.69, 9.17) is 0 Å². The molecule has 0 amide bonds. The van der Waals surface area contributed by atoms with Crippen molar-refractivity contribution < 1.29 is 16.8 Å². The number of benzene rings is 1. The molecule has 0 aliphatic heterocycles. The summed E-state index contributed by atoms with van der Waals surface area (Å²) in [6.45, 7) is 2.22. The molecule has 9 heteroatoms. The van der Waals surface area contributed by atoms with Gasteiger partial charge in [-0.1, -0.05) is 17.7 Å². The molecule has 0 fully saturated rings. The number of hydrogen-bond acceptors (Lipinski definition) is 5. The summed E-state index contributed by atoms with van der Waals surface area (Å²) >= 11 is 0. The van der Waals surface area contributed by atoms with Crippen molar-refractivity contribution in [3.8, 4) is 0 Å². The molecule has 1 aromatic heterocycles. The largest absolute Gasteiger partial charge is 0.271 e. The van der Waals surface area contributed by atoms with Crippen LogP contribution in [0.2, 0.25) is 0 Å². The Morgan fingerprint density at radius 1 is 1.04 bits per heavy atom. The Balaban J connectivity index is 2.00. The highest BCUT2D eigenvalue weighted by molar-refractivity contribution is 7.91. The fraction of sp³-hybridized carbons (Fsp3) is 0.400. The van der Waals surface area contributed by atoms with Crippen LogP contribution in [0, 0.1) is 6.92 Å². The zero-order valence-corrected chi connectivity index (χ0v) is 15.5. The fourth-order valence-corrected chi connectivity index (χ4v) is 4.24. The van der Waals surface area contributed by atoms with Crippen LogP contribution in [0.15, 0.2) is 46.5 Å². The summed E-state index contributed by atoms with van der Waals surface area (Å²) in [5.41, 5.74) is 1.00. The number of nitrogens with zero attached hydrogens (tertiary/aromatic N) is 3. The molecule has 24 heavy (non-hydrogen) atoms. The zero-order valence-electron chi connectivity index (χ0n) is 13.9. The summed E-state index contributed by atoms with van der Waals surface area (Å²) in [5.74, 6) is -0.0221. The molecule has 0 atom stereocenters. The van der Waals surface area contributed by atoms with Crippen LogP contribution in [0.3, 0.4) is 0 Å². The van der Waals surface area contributed by atoms with Crippen LogP contribution in [-0.2, 0) is 26.4 Å². The normalized spacial score (nSPS) is 12.7. The van der Waals surface area contributed by atoms with Crippen molar-refractivity contribution in [3.63, 3.8) is 0 Å². The minimum atomic E-state index is -3.52. The van der Waals surface area contributed by atoms with Crippen LogP contribution in [0.5, 0.6) is 0 Å². The molecule has 0 N–H and O–H groups in total. The van der Waals surface area contributed by atoms with Crippen molar-refractivity contribution in [1.82, 2.24) is 14.1 Å². The lowest BCUT2D eigenvalue weighted by molar-refractivity contribution is 0.520. The summed E-state index contributed by atoms with van der Waals surface area (Å²) in [5, 5.41) is 3.98. The third kappa shape index (κ3) is 4.22. The Labute approximate surface area is 142 Å². The average molecular weight is 371 g/mol. The van der Waals surface area contributed by atoms with E-state index in [1.54, 1.807) is 24.3 Å². The van der Waals surface area contributed by atoms with Gasteiger partial charge in [-0.3, -0.25) is 4.68 Å². The van der Waals surface area contributed by atoms with Crippen LogP contribution >= 0.6 is 0 Å². The van der Waals surface area contributed by atoms with Crippen molar-refractivity contribution in [2.45, 2.75) is 29.7 Å². The molecule has 2 aromatic rings. The second kappa shape index (κ2) is 7.04. The van der Waals surface area contributed by atoms with E-state index in [1.807, 2.05) is 6.92 Å². The molecule has 0 saturated carbocycles. The highest BCUT2D eigenvalue weighted by Crippen LogP contribution is 2.14. The van der Waals surface area contributed by atoms with E-state index in [0.29, 0.717) is 17.9 Å². The summed E-state index contributed by atoms with van der Waals surface area (Å²) < 4.78 is 51.0. The van der Waals surface area contributed by atoms with Gasteiger partial charge in [0.2, 0.25) is 10.0 Å². The lowest BCUT2D eigenvalue weighted by Crippen LogP contribution is -2.21. The first-order valence-corrected chi connectivity index (χ1v) is 10.5. The van der Waals surface area contributed by atoms with Crippen molar-refractivity contribution in [2.75, 3.05) is 19.8 Å². The Morgan fingerprint density at radius 2 is 1.67 bits per heavy atom. The summed E-state index contributed by atoms with van der Waals surface area (Å²) in [6.07, 6.45) is 3.02. The van der Waals surface area contributed by atoms with Gasteiger partial charge in [-0.25, -0.2) is 21.1 Å². The molecule has 0 spiro atoms. The molecule has 0 unspecified atom stereocenters. The Morgan fingerprint density at radius 3 is 2.25 bits per heavy atom. The van der Waals surface area contributed by atoms with E-state index in [0.717, 1.165) is 9.87 Å². The van der Waals surface area contributed by atoms with Crippen LogP contribution in [0.4, 0.5) is 0 Å². The molecule has 1 aromatic carbocycles. The van der Waals surface area contributed by atoms with Gasteiger partial charge in [0.15, 0.2) is 9.84 Å². The standard InChI is InChI=1S/C15H21N3O4S2/c1-13-5-7-14(8-6-13)23(19,20)10-4-9-18-12-15(11-16-18)24(21,22)17(2)3/h5-8,11-12H,4,9-10H2,1-3H3. The van der Waals surface area contributed by atoms with E-state index < -0.39 is 19.9 Å². The lowest BCUT2D eigenvalue weighted by atomic mass is 10.2. The quantitative estimate of drug-likeness (QED) is 0.732. The van der Waals surface area contributed by atoms with E-state index in [-0.39, 0.29) is 10.6 Å². The third-order valence-electron chi connectivity index (χ3n) is 3.57. The molecule has 0 radical (unpaired) electrons. The topological polar surface area (TPSA) is 89.3 Å². The van der Waals surface area contributed by atoms with E-state index in [1.165, 1.54) is 31.2 Å². The van der Waals surface area contributed by atoms with E-state index in [2.05, 4.69) is 5.10 Å². The predicted octanol–water partition coefficient (Wildman–Crippen LogP) is 1.31. The highest BCUT2D eigenvalue weighted by atomic mass is 32.2. The van der Waals surface area contributed by atoms with Gasteiger partial charge in [0.25, 0.3) is 0 Å². The Kier molecular flexibility index (Phi) is 5.46. The van der Waals surface area contributed by atoms with E-state index in [9.17, 15) is 16.8 Å². The summed E-state index contributed by atoms with van der Waals surface area (Å²) in [7, 11) is -3.98. The lowest BCUT2D eigenvalue weighted by Gasteiger charge is -2.08. The van der Waals surface area contributed by atoms with Gasteiger partial charge in [-0.05, 0) is 25.5 Å². The van der Waals surface area contributed by atoms with Gasteiger partial charge in [0.1, 0.15) is 4.90 Å². The number of sulfone groups is 1. The van der Waals surface area contributed by atoms with Gasteiger partial charge in [-0.15, -0.1) is 0 Å². The van der Waals surface area contributed by atoms with Crippen molar-refractivity contribution in [2.24, 2.45) is 0 Å². The molecule has 1 heterocycles. The molecule has 7 nitrogen and oxygen atoms in total. The van der Waals surface area contributed by atoms with Gasteiger partial charge in [0, 0.05) is 26.8 Å². The van der Waals surface area contributed by atoms with Gasteiger partial charge in [0.05, 0.1) is 16.8 Å². The number of rotatable bonds is 7. The van der Waals surface area contributed by atoms with Crippen LogP contribution < -0.4 is 0 Å². The van der Waals surface area contributed by atoms with Crippen LogP contribution in [0.1, 0.15) is 12.0 Å². The second-order valence-electron chi connectivity index (χ2n) is 5.71. The smallest absolute Gasteiger partial charge is 0.245 e. The zero-order chi connectivity index (χ0) is 18.0. The van der Waals surface area contributed by atoms with Gasteiger partial charge < -0.3 is 0 Å². The number of aromatic nitrogens is 2. The third-order valence-corrected chi connectivity index (χ3v) is 7.15. The van der Waals surface area contributed by atoms with Crippen LogP contribution in [-0.4, -0.2) is 50.8 Å². The Bertz CT molecular complexity index is 898. The SMILES string of the molecule is Cc1ccc(S(=O)(=O)CCCn2cc(S(=O)(=O)N(C)C)cn2)cc1. The predicted molar refractivity (Wildman–Crippen MR) is 90.9 cm³/mol. The molecular weight excluding hydrogens is 350 g/mol. The highest BCUT2D eigenvalue weighted by Gasteiger charge is 2.19. The van der Waals surface area contributed by atoms with Crippen molar-refractivity contribution in [1.29, 1.82) is 0 Å². The maximum absolute atomic E-state index is 12.3. The molecule has 0 aliphatic carbocycles. The maximum Gasteiger partial charge on any atom is 0.245 e. The number of hydrogen-bond donors (Lipinski definition) is 0. The number of sulfonamides is 1. The Hall–Kier alpha value is -1.71. The monoisotopic (exact) mass is 371 g/mol. The van der Waals surface area contributed by atoms with Crippen molar-refractivity contribution in [3.05, 3.63) is 42.2 Å². The first-order valence-electron chi connectivity index (χ1n) is 7.37. The first kappa shape index (κ1) is 18.6. The minimum Gasteiger partial charge on any atom is -0.271 e. The molecule has 0 saturated heterocycles.